The van der Waals surface area contributed by atoms with Gasteiger partial charge in [-0.05, 0) is 32.1 Å². The van der Waals surface area contributed by atoms with Gasteiger partial charge in [0.05, 0.1) is 4.83 Å². The minimum atomic E-state index is -0.303. The highest BCUT2D eigenvalue weighted by Gasteiger charge is 2.40. The lowest BCUT2D eigenvalue weighted by Crippen LogP contribution is -2.26. The number of aromatic nitrogens is 2. The predicted molar refractivity (Wildman–Crippen MR) is 63.4 cm³/mol. The van der Waals surface area contributed by atoms with Crippen molar-refractivity contribution in [1.82, 2.24) is 10.1 Å². The van der Waals surface area contributed by atoms with Crippen LogP contribution in [0.25, 0.3) is 0 Å². The summed E-state index contributed by atoms with van der Waals surface area (Å²) in [5.74, 6) is 1.36. The molecule has 0 aliphatic heterocycles. The van der Waals surface area contributed by atoms with Gasteiger partial charge in [-0.2, -0.15) is 4.98 Å². The summed E-state index contributed by atoms with van der Waals surface area (Å²) in [5.41, 5.74) is -0.303. The fraction of sp³-hybridized carbons (Fsp3) is 0.818. The lowest BCUT2D eigenvalue weighted by atomic mass is 10.0. The number of rotatable bonds is 4. The second kappa shape index (κ2) is 4.84. The molecule has 16 heavy (non-hydrogen) atoms. The Bertz CT molecular complexity index is 348. The zero-order chi connectivity index (χ0) is 11.6. The molecule has 90 valence electrons. The van der Waals surface area contributed by atoms with E-state index in [2.05, 4.69) is 33.0 Å². The molecule has 1 heterocycles. The molecule has 2 rings (SSSR count). The van der Waals surface area contributed by atoms with E-state index in [0.717, 1.165) is 19.3 Å². The van der Waals surface area contributed by atoms with Gasteiger partial charge in [-0.3, -0.25) is 0 Å². The van der Waals surface area contributed by atoms with Crippen molar-refractivity contribution < 1.29 is 9.26 Å². The summed E-state index contributed by atoms with van der Waals surface area (Å²) in [6.07, 6.45) is 5.25. The van der Waals surface area contributed by atoms with Crippen LogP contribution in [0.15, 0.2) is 4.52 Å². The Morgan fingerprint density at radius 3 is 2.75 bits per heavy atom. The largest absolute Gasteiger partial charge is 0.370 e. The van der Waals surface area contributed by atoms with E-state index in [-0.39, 0.29) is 10.4 Å². The molecule has 5 heteroatoms. The van der Waals surface area contributed by atoms with Crippen molar-refractivity contribution in [3.63, 3.8) is 0 Å². The van der Waals surface area contributed by atoms with Gasteiger partial charge in [0.15, 0.2) is 0 Å². The van der Waals surface area contributed by atoms with Gasteiger partial charge in [0, 0.05) is 7.11 Å². The van der Waals surface area contributed by atoms with E-state index in [9.17, 15) is 0 Å². The van der Waals surface area contributed by atoms with Crippen LogP contribution in [0.5, 0.6) is 0 Å². The molecule has 4 nitrogen and oxygen atoms in total. The highest BCUT2D eigenvalue weighted by atomic mass is 79.9. The van der Waals surface area contributed by atoms with Crippen LogP contribution in [-0.4, -0.2) is 17.3 Å². The third kappa shape index (κ3) is 2.02. The summed E-state index contributed by atoms with van der Waals surface area (Å²) >= 11 is 3.51. The van der Waals surface area contributed by atoms with Crippen LogP contribution < -0.4 is 0 Å². The molecule has 0 amide bonds. The molecule has 1 aliphatic carbocycles. The van der Waals surface area contributed by atoms with E-state index in [1.165, 1.54) is 12.8 Å². The molecular formula is C11H17BrN2O2. The first kappa shape index (κ1) is 12.0. The van der Waals surface area contributed by atoms with Gasteiger partial charge in [-0.15, -0.1) is 0 Å². The lowest BCUT2D eigenvalue weighted by molar-refractivity contribution is -0.0178. The first-order chi connectivity index (χ1) is 7.72. The minimum Gasteiger partial charge on any atom is -0.370 e. The van der Waals surface area contributed by atoms with E-state index >= 15 is 0 Å². The second-order valence-corrected chi connectivity index (χ2v) is 5.34. The zero-order valence-corrected chi connectivity index (χ0v) is 11.3. The van der Waals surface area contributed by atoms with Gasteiger partial charge in [0.1, 0.15) is 5.60 Å². The maximum absolute atomic E-state index is 5.61. The first-order valence-electron chi connectivity index (χ1n) is 5.75. The molecule has 0 N–H and O–H groups in total. The van der Waals surface area contributed by atoms with Gasteiger partial charge in [-0.1, -0.05) is 28.0 Å². The van der Waals surface area contributed by atoms with Crippen LogP contribution in [0.2, 0.25) is 0 Å². The molecule has 1 saturated carbocycles. The summed E-state index contributed by atoms with van der Waals surface area (Å²) in [5, 5.41) is 4.07. The fourth-order valence-electron chi connectivity index (χ4n) is 2.19. The molecule has 0 spiro atoms. The number of hydrogen-bond donors (Lipinski definition) is 0. The van der Waals surface area contributed by atoms with Crippen LogP contribution in [0, 0.1) is 0 Å². The monoisotopic (exact) mass is 288 g/mol. The molecule has 1 aromatic rings. The van der Waals surface area contributed by atoms with Crippen molar-refractivity contribution in [1.29, 1.82) is 0 Å². The highest BCUT2D eigenvalue weighted by molar-refractivity contribution is 9.09. The van der Waals surface area contributed by atoms with Crippen molar-refractivity contribution in [2.75, 3.05) is 7.11 Å². The van der Waals surface area contributed by atoms with E-state index < -0.39 is 0 Å². The van der Waals surface area contributed by atoms with E-state index in [4.69, 9.17) is 9.26 Å². The van der Waals surface area contributed by atoms with Crippen LogP contribution >= 0.6 is 15.9 Å². The van der Waals surface area contributed by atoms with Crippen LogP contribution in [0.3, 0.4) is 0 Å². The van der Waals surface area contributed by atoms with Crippen molar-refractivity contribution in [3.8, 4) is 0 Å². The van der Waals surface area contributed by atoms with Crippen molar-refractivity contribution in [2.24, 2.45) is 0 Å². The van der Waals surface area contributed by atoms with Gasteiger partial charge < -0.3 is 9.26 Å². The molecule has 0 saturated heterocycles. The molecule has 1 aliphatic rings. The number of halogens is 1. The first-order valence-corrected chi connectivity index (χ1v) is 6.66. The molecule has 0 bridgehead atoms. The Labute approximate surface area is 104 Å². The topological polar surface area (TPSA) is 48.2 Å². The SMILES string of the molecule is CCC(Br)c1nc(C2(OC)CCCC2)no1. The van der Waals surface area contributed by atoms with Crippen molar-refractivity contribution in [2.45, 2.75) is 49.5 Å². The summed E-state index contributed by atoms with van der Waals surface area (Å²) in [6.45, 7) is 2.07. The Morgan fingerprint density at radius 1 is 1.50 bits per heavy atom. The van der Waals surface area contributed by atoms with E-state index in [1.807, 2.05) is 0 Å². The highest BCUT2D eigenvalue weighted by Crippen LogP contribution is 2.40. The van der Waals surface area contributed by atoms with Gasteiger partial charge >= 0.3 is 0 Å². The predicted octanol–water partition coefficient (Wildman–Crippen LogP) is 3.33. The normalized spacial score (nSPS) is 21.2. The van der Waals surface area contributed by atoms with Gasteiger partial charge in [0.2, 0.25) is 11.7 Å². The maximum Gasteiger partial charge on any atom is 0.240 e. The summed E-state index contributed by atoms with van der Waals surface area (Å²) in [7, 11) is 1.73. The van der Waals surface area contributed by atoms with Crippen LogP contribution in [-0.2, 0) is 10.3 Å². The van der Waals surface area contributed by atoms with E-state index in [0.29, 0.717) is 11.7 Å². The molecule has 1 unspecified atom stereocenters. The Balaban J connectivity index is 2.23. The number of methoxy groups -OCH3 is 1. The zero-order valence-electron chi connectivity index (χ0n) is 9.70. The molecular weight excluding hydrogens is 272 g/mol. The standard InChI is InChI=1S/C11H17BrN2O2/c1-3-8(12)9-13-10(14-16-9)11(15-2)6-4-5-7-11/h8H,3-7H2,1-2H3. The minimum absolute atomic E-state index is 0.143. The van der Waals surface area contributed by atoms with Crippen LogP contribution in [0.4, 0.5) is 0 Å². The second-order valence-electron chi connectivity index (χ2n) is 4.24. The van der Waals surface area contributed by atoms with E-state index in [1.54, 1.807) is 7.11 Å². The number of hydrogen-bond acceptors (Lipinski definition) is 4. The van der Waals surface area contributed by atoms with Crippen molar-refractivity contribution >= 4 is 15.9 Å². The number of alkyl halides is 1. The average molecular weight is 289 g/mol. The molecule has 0 radical (unpaired) electrons. The Hall–Kier alpha value is -0.420. The third-order valence-corrected chi connectivity index (χ3v) is 4.32. The molecule has 0 aromatic carbocycles. The third-order valence-electron chi connectivity index (χ3n) is 3.28. The summed E-state index contributed by atoms with van der Waals surface area (Å²) < 4.78 is 10.9. The summed E-state index contributed by atoms with van der Waals surface area (Å²) in [4.78, 5) is 4.60. The van der Waals surface area contributed by atoms with Gasteiger partial charge in [-0.25, -0.2) is 0 Å². The maximum atomic E-state index is 5.61. The molecule has 1 fully saturated rings. The van der Waals surface area contributed by atoms with Crippen LogP contribution in [0.1, 0.15) is 55.6 Å². The lowest BCUT2D eigenvalue weighted by Gasteiger charge is -2.22. The smallest absolute Gasteiger partial charge is 0.240 e. The average Bonchev–Trinajstić information content (AvgIpc) is 2.96. The number of nitrogens with zero attached hydrogens (tertiary/aromatic N) is 2. The van der Waals surface area contributed by atoms with Crippen molar-refractivity contribution in [3.05, 3.63) is 11.7 Å². The number of ether oxygens (including phenoxy) is 1. The Morgan fingerprint density at radius 2 is 2.19 bits per heavy atom. The molecule has 1 aromatic heterocycles. The quantitative estimate of drug-likeness (QED) is 0.798. The fourth-order valence-corrected chi connectivity index (χ4v) is 2.37. The van der Waals surface area contributed by atoms with Gasteiger partial charge in [0.25, 0.3) is 0 Å². The Kier molecular flexibility index (Phi) is 3.64. The molecule has 1 atom stereocenters. The summed E-state index contributed by atoms with van der Waals surface area (Å²) in [6, 6.07) is 0.